The van der Waals surface area contributed by atoms with Crippen LogP contribution in [0.3, 0.4) is 0 Å². The molecule has 114 valence electrons. The lowest BCUT2D eigenvalue weighted by atomic mass is 10.2. The van der Waals surface area contributed by atoms with E-state index in [0.29, 0.717) is 18.4 Å². The molecule has 1 aliphatic heterocycles. The number of nitrogens with zero attached hydrogens (tertiary/aromatic N) is 2. The van der Waals surface area contributed by atoms with Gasteiger partial charge in [-0.25, -0.2) is 0 Å². The minimum Gasteiger partial charge on any atom is -0.350 e. The van der Waals surface area contributed by atoms with Gasteiger partial charge in [0.25, 0.3) is 5.91 Å². The molecule has 0 bridgehead atoms. The van der Waals surface area contributed by atoms with Crippen LogP contribution in [0.4, 0.5) is 0 Å². The van der Waals surface area contributed by atoms with Crippen LogP contribution in [0, 0.1) is 5.92 Å². The van der Waals surface area contributed by atoms with Crippen LogP contribution in [0.2, 0.25) is 0 Å². The third kappa shape index (κ3) is 3.83. The van der Waals surface area contributed by atoms with Crippen molar-refractivity contribution in [3.8, 4) is 0 Å². The molecule has 1 aromatic rings. The van der Waals surface area contributed by atoms with E-state index >= 15 is 0 Å². The van der Waals surface area contributed by atoms with Crippen molar-refractivity contribution >= 4 is 23.2 Å². The van der Waals surface area contributed by atoms with Crippen LogP contribution in [0.15, 0.2) is 17.5 Å². The van der Waals surface area contributed by atoms with Crippen LogP contribution in [0.25, 0.3) is 0 Å². The first-order valence-electron chi connectivity index (χ1n) is 7.57. The lowest BCUT2D eigenvalue weighted by Gasteiger charge is -2.34. The molecule has 1 aliphatic carbocycles. The molecule has 2 amide bonds. The first kappa shape index (κ1) is 14.5. The summed E-state index contributed by atoms with van der Waals surface area (Å²) in [5.74, 6) is 0.676. The first-order chi connectivity index (χ1) is 10.2. The average Bonchev–Trinajstić information content (AvgIpc) is 3.21. The molecule has 5 nitrogen and oxygen atoms in total. The fourth-order valence-electron chi connectivity index (χ4n) is 2.60. The maximum Gasteiger partial charge on any atom is 0.261 e. The molecule has 2 aliphatic rings. The van der Waals surface area contributed by atoms with Gasteiger partial charge in [-0.2, -0.15) is 0 Å². The molecular weight excluding hydrogens is 286 g/mol. The lowest BCUT2D eigenvalue weighted by molar-refractivity contribution is -0.134. The highest BCUT2D eigenvalue weighted by molar-refractivity contribution is 7.12. The number of thiophene rings is 1. The fourth-order valence-corrected chi connectivity index (χ4v) is 3.24. The van der Waals surface area contributed by atoms with Gasteiger partial charge < -0.3 is 10.2 Å². The molecule has 1 saturated heterocycles. The fraction of sp³-hybridized carbons (Fsp3) is 0.600. The Balaban J connectivity index is 1.34. The number of amides is 2. The van der Waals surface area contributed by atoms with Crippen LogP contribution in [0.5, 0.6) is 0 Å². The van der Waals surface area contributed by atoms with E-state index in [1.807, 2.05) is 22.4 Å². The predicted octanol–water partition coefficient (Wildman–Crippen LogP) is 1.03. The minimum absolute atomic E-state index is 0.00699. The zero-order valence-corrected chi connectivity index (χ0v) is 12.9. The Morgan fingerprint density at radius 2 is 2.00 bits per heavy atom. The molecule has 2 fully saturated rings. The lowest BCUT2D eigenvalue weighted by Crippen LogP contribution is -2.50. The van der Waals surface area contributed by atoms with Gasteiger partial charge in [-0.1, -0.05) is 6.07 Å². The van der Waals surface area contributed by atoms with Gasteiger partial charge in [-0.15, -0.1) is 11.3 Å². The van der Waals surface area contributed by atoms with Crippen molar-refractivity contribution < 1.29 is 9.59 Å². The molecule has 1 N–H and O–H groups in total. The highest BCUT2D eigenvalue weighted by atomic mass is 32.1. The van der Waals surface area contributed by atoms with Gasteiger partial charge in [0.1, 0.15) is 0 Å². The Bertz CT molecular complexity index is 491. The topological polar surface area (TPSA) is 52.7 Å². The standard InChI is InChI=1S/C15H21N3O2S/c19-14(13-2-1-11-21-13)16-5-6-17-7-9-18(10-8-17)15(20)12-3-4-12/h1-2,11-12H,3-10H2,(H,16,19). The van der Waals surface area contributed by atoms with Crippen LogP contribution >= 0.6 is 11.3 Å². The summed E-state index contributed by atoms with van der Waals surface area (Å²) < 4.78 is 0. The van der Waals surface area contributed by atoms with Crippen molar-refractivity contribution in [3.05, 3.63) is 22.4 Å². The number of carbonyl (C=O) groups is 2. The van der Waals surface area contributed by atoms with Crippen LogP contribution in [-0.4, -0.2) is 60.9 Å². The third-order valence-electron chi connectivity index (χ3n) is 4.07. The van der Waals surface area contributed by atoms with Crippen LogP contribution in [-0.2, 0) is 4.79 Å². The Hall–Kier alpha value is -1.40. The largest absolute Gasteiger partial charge is 0.350 e. The summed E-state index contributed by atoms with van der Waals surface area (Å²) in [5.41, 5.74) is 0. The predicted molar refractivity (Wildman–Crippen MR) is 82.4 cm³/mol. The smallest absolute Gasteiger partial charge is 0.261 e. The molecule has 0 unspecified atom stereocenters. The molecule has 1 saturated carbocycles. The van der Waals surface area contributed by atoms with Crippen LogP contribution < -0.4 is 5.32 Å². The maximum absolute atomic E-state index is 12.0. The SMILES string of the molecule is O=C(NCCN1CCN(C(=O)C2CC2)CC1)c1cccs1. The molecule has 0 spiro atoms. The van der Waals surface area contributed by atoms with Crippen molar-refractivity contribution in [2.24, 2.45) is 5.92 Å². The Morgan fingerprint density at radius 1 is 1.24 bits per heavy atom. The average molecular weight is 307 g/mol. The van der Waals surface area contributed by atoms with Crippen molar-refractivity contribution in [1.29, 1.82) is 0 Å². The normalized spacial score (nSPS) is 19.5. The molecular formula is C15H21N3O2S. The Kier molecular flexibility index (Phi) is 4.55. The van der Waals surface area contributed by atoms with E-state index in [1.54, 1.807) is 0 Å². The van der Waals surface area contributed by atoms with Gasteiger partial charge in [-0.05, 0) is 24.3 Å². The van der Waals surface area contributed by atoms with Gasteiger partial charge in [0.15, 0.2) is 0 Å². The summed E-state index contributed by atoms with van der Waals surface area (Å²) in [6, 6.07) is 3.72. The third-order valence-corrected chi connectivity index (χ3v) is 4.94. The van der Waals surface area contributed by atoms with Gasteiger partial charge in [0.05, 0.1) is 4.88 Å². The van der Waals surface area contributed by atoms with E-state index in [2.05, 4.69) is 10.2 Å². The van der Waals surface area contributed by atoms with Crippen molar-refractivity contribution in [3.63, 3.8) is 0 Å². The summed E-state index contributed by atoms with van der Waals surface area (Å²) in [4.78, 5) is 28.8. The van der Waals surface area contributed by atoms with Crippen molar-refractivity contribution in [1.82, 2.24) is 15.1 Å². The summed E-state index contributed by atoms with van der Waals surface area (Å²) in [6.07, 6.45) is 2.15. The molecule has 0 aromatic carbocycles. The summed E-state index contributed by atoms with van der Waals surface area (Å²) in [5, 5.41) is 4.85. The minimum atomic E-state index is 0.00699. The van der Waals surface area contributed by atoms with E-state index in [1.165, 1.54) is 11.3 Å². The summed E-state index contributed by atoms with van der Waals surface area (Å²) >= 11 is 1.46. The molecule has 2 heterocycles. The quantitative estimate of drug-likeness (QED) is 0.884. The van der Waals surface area contributed by atoms with E-state index in [0.717, 1.165) is 50.4 Å². The molecule has 1 aromatic heterocycles. The number of hydrogen-bond acceptors (Lipinski definition) is 4. The Labute approximate surface area is 128 Å². The monoisotopic (exact) mass is 307 g/mol. The van der Waals surface area contributed by atoms with Gasteiger partial charge in [0, 0.05) is 45.2 Å². The van der Waals surface area contributed by atoms with Crippen molar-refractivity contribution in [2.45, 2.75) is 12.8 Å². The van der Waals surface area contributed by atoms with Gasteiger partial charge in [0.2, 0.25) is 5.91 Å². The van der Waals surface area contributed by atoms with Crippen molar-refractivity contribution in [2.75, 3.05) is 39.3 Å². The zero-order valence-electron chi connectivity index (χ0n) is 12.1. The molecule has 3 rings (SSSR count). The summed E-state index contributed by atoms with van der Waals surface area (Å²) in [7, 11) is 0. The first-order valence-corrected chi connectivity index (χ1v) is 8.45. The second-order valence-electron chi connectivity index (χ2n) is 5.67. The van der Waals surface area contributed by atoms with Gasteiger partial charge >= 0.3 is 0 Å². The van der Waals surface area contributed by atoms with E-state index in [4.69, 9.17) is 0 Å². The Morgan fingerprint density at radius 3 is 2.62 bits per heavy atom. The van der Waals surface area contributed by atoms with E-state index < -0.39 is 0 Å². The molecule has 0 radical (unpaired) electrons. The summed E-state index contributed by atoms with van der Waals surface area (Å²) in [6.45, 7) is 4.99. The number of piperazine rings is 1. The second kappa shape index (κ2) is 6.58. The maximum atomic E-state index is 12.0. The van der Waals surface area contributed by atoms with E-state index in [9.17, 15) is 9.59 Å². The van der Waals surface area contributed by atoms with Crippen LogP contribution in [0.1, 0.15) is 22.5 Å². The number of carbonyl (C=O) groups excluding carboxylic acids is 2. The number of nitrogens with one attached hydrogen (secondary N) is 1. The molecule has 0 atom stereocenters. The highest BCUT2D eigenvalue weighted by Crippen LogP contribution is 2.31. The van der Waals surface area contributed by atoms with Gasteiger partial charge in [-0.3, -0.25) is 14.5 Å². The number of hydrogen-bond donors (Lipinski definition) is 1. The molecule has 21 heavy (non-hydrogen) atoms. The van der Waals surface area contributed by atoms with E-state index in [-0.39, 0.29) is 5.91 Å². The molecule has 6 heteroatoms. The number of rotatable bonds is 5. The zero-order chi connectivity index (χ0) is 14.7. The second-order valence-corrected chi connectivity index (χ2v) is 6.62. The highest BCUT2D eigenvalue weighted by Gasteiger charge is 2.34.